The molecule has 0 fully saturated rings. The number of phenolic OH excluding ortho intramolecular Hbond substituents is 1. The van der Waals surface area contributed by atoms with Gasteiger partial charge in [0.15, 0.2) is 0 Å². The quantitative estimate of drug-likeness (QED) is 0.766. The monoisotopic (exact) mass is 374 g/mol. The zero-order valence-electron chi connectivity index (χ0n) is 10.7. The minimum Gasteiger partial charge on any atom is -0.508 e. The number of primary sulfonamides is 1. The Hall–Kier alpha value is -1.64. The number of aromatic hydroxyl groups is 1. The van der Waals surface area contributed by atoms with Crippen molar-refractivity contribution in [2.75, 3.05) is 5.32 Å². The maximum atomic E-state index is 13.1. The Bertz CT molecular complexity index is 761. The standard InChI is InChI=1S/C13H12BrFN2O3S/c14-12-6-11(21(16,19)20)1-2-13(12)17-7-8-3-9(15)5-10(18)4-8/h1-6,17-18H,7H2,(H2,16,19,20). The van der Waals surface area contributed by atoms with Gasteiger partial charge in [-0.3, -0.25) is 0 Å². The second-order valence-corrected chi connectivity index (χ2v) is 6.77. The van der Waals surface area contributed by atoms with E-state index in [2.05, 4.69) is 21.2 Å². The molecule has 0 spiro atoms. The number of anilines is 1. The molecule has 0 radical (unpaired) electrons. The van der Waals surface area contributed by atoms with E-state index in [-0.39, 0.29) is 17.2 Å². The number of nitrogens with two attached hydrogens (primary N) is 1. The van der Waals surface area contributed by atoms with Crippen LogP contribution in [0.5, 0.6) is 5.75 Å². The second kappa shape index (κ2) is 6.00. The molecule has 2 aromatic rings. The van der Waals surface area contributed by atoms with Crippen molar-refractivity contribution in [1.82, 2.24) is 0 Å². The highest BCUT2D eigenvalue weighted by Gasteiger charge is 2.10. The first-order chi connectivity index (χ1) is 9.75. The molecule has 5 nitrogen and oxygen atoms in total. The molecule has 0 aliphatic rings. The average Bonchev–Trinajstić information content (AvgIpc) is 2.35. The molecule has 2 aromatic carbocycles. The summed E-state index contributed by atoms with van der Waals surface area (Å²) in [5, 5.41) is 17.4. The molecule has 21 heavy (non-hydrogen) atoms. The summed E-state index contributed by atoms with van der Waals surface area (Å²) in [6, 6.07) is 8.03. The molecule has 112 valence electrons. The minimum atomic E-state index is -3.76. The van der Waals surface area contributed by atoms with Gasteiger partial charge >= 0.3 is 0 Å². The normalized spacial score (nSPS) is 11.4. The Morgan fingerprint density at radius 1 is 1.24 bits per heavy atom. The maximum absolute atomic E-state index is 13.1. The average molecular weight is 375 g/mol. The lowest BCUT2D eigenvalue weighted by molar-refractivity contribution is 0.468. The van der Waals surface area contributed by atoms with E-state index in [0.29, 0.717) is 15.7 Å². The molecule has 0 saturated carbocycles. The van der Waals surface area contributed by atoms with E-state index in [1.165, 1.54) is 24.3 Å². The number of hydrogen-bond acceptors (Lipinski definition) is 4. The van der Waals surface area contributed by atoms with E-state index >= 15 is 0 Å². The number of hydrogen-bond donors (Lipinski definition) is 3. The number of benzene rings is 2. The van der Waals surface area contributed by atoms with Gasteiger partial charge in [0.2, 0.25) is 10.0 Å². The topological polar surface area (TPSA) is 92.4 Å². The van der Waals surface area contributed by atoms with Gasteiger partial charge < -0.3 is 10.4 Å². The van der Waals surface area contributed by atoms with Crippen LogP contribution in [0.3, 0.4) is 0 Å². The lowest BCUT2D eigenvalue weighted by Gasteiger charge is -2.10. The lowest BCUT2D eigenvalue weighted by atomic mass is 10.2. The number of halogens is 2. The van der Waals surface area contributed by atoms with Crippen molar-refractivity contribution in [2.24, 2.45) is 5.14 Å². The van der Waals surface area contributed by atoms with Crippen LogP contribution in [0.4, 0.5) is 10.1 Å². The van der Waals surface area contributed by atoms with Crippen molar-refractivity contribution in [1.29, 1.82) is 0 Å². The molecule has 8 heteroatoms. The smallest absolute Gasteiger partial charge is 0.238 e. The first-order valence-corrected chi connectivity index (χ1v) is 8.14. The Morgan fingerprint density at radius 3 is 2.52 bits per heavy atom. The molecule has 0 heterocycles. The lowest BCUT2D eigenvalue weighted by Crippen LogP contribution is -2.12. The Morgan fingerprint density at radius 2 is 1.95 bits per heavy atom. The highest BCUT2D eigenvalue weighted by molar-refractivity contribution is 9.10. The molecule has 0 unspecified atom stereocenters. The van der Waals surface area contributed by atoms with Crippen LogP contribution >= 0.6 is 15.9 Å². The van der Waals surface area contributed by atoms with Crippen molar-refractivity contribution in [3.63, 3.8) is 0 Å². The van der Waals surface area contributed by atoms with E-state index in [1.807, 2.05) is 0 Å². The number of sulfonamides is 1. The van der Waals surface area contributed by atoms with Gasteiger partial charge in [-0.05, 0) is 51.8 Å². The van der Waals surface area contributed by atoms with Gasteiger partial charge in [0.05, 0.1) is 4.90 Å². The van der Waals surface area contributed by atoms with Gasteiger partial charge in [-0.2, -0.15) is 0 Å². The Labute approximate surface area is 129 Å². The molecule has 0 amide bonds. The van der Waals surface area contributed by atoms with Gasteiger partial charge in [-0.25, -0.2) is 17.9 Å². The third-order valence-electron chi connectivity index (χ3n) is 2.69. The fraction of sp³-hybridized carbons (Fsp3) is 0.0769. The van der Waals surface area contributed by atoms with Crippen LogP contribution in [0, 0.1) is 5.82 Å². The summed E-state index contributed by atoms with van der Waals surface area (Å²) in [6.45, 7) is 0.263. The summed E-state index contributed by atoms with van der Waals surface area (Å²) in [5.41, 5.74) is 1.17. The zero-order valence-corrected chi connectivity index (χ0v) is 13.1. The third-order valence-corrected chi connectivity index (χ3v) is 4.26. The minimum absolute atomic E-state index is 0.0108. The van der Waals surface area contributed by atoms with Crippen molar-refractivity contribution < 1.29 is 17.9 Å². The van der Waals surface area contributed by atoms with Gasteiger partial charge in [-0.15, -0.1) is 0 Å². The van der Waals surface area contributed by atoms with Crippen LogP contribution < -0.4 is 10.5 Å². The van der Waals surface area contributed by atoms with Crippen molar-refractivity contribution in [3.05, 3.63) is 52.3 Å². The van der Waals surface area contributed by atoms with Gasteiger partial charge in [0, 0.05) is 22.8 Å². The van der Waals surface area contributed by atoms with Crippen LogP contribution in [0.25, 0.3) is 0 Å². The summed E-state index contributed by atoms with van der Waals surface area (Å²) in [7, 11) is -3.76. The fourth-order valence-corrected chi connectivity index (χ4v) is 2.96. The molecule has 2 rings (SSSR count). The predicted octanol–water partition coefficient (Wildman–Crippen LogP) is 2.55. The molecule has 0 atom stereocenters. The van der Waals surface area contributed by atoms with Crippen LogP contribution in [0.15, 0.2) is 45.8 Å². The zero-order chi connectivity index (χ0) is 15.6. The third kappa shape index (κ3) is 4.16. The van der Waals surface area contributed by atoms with Crippen molar-refractivity contribution in [2.45, 2.75) is 11.4 Å². The highest BCUT2D eigenvalue weighted by atomic mass is 79.9. The summed E-state index contributed by atoms with van der Waals surface area (Å²) in [5.74, 6) is -0.689. The predicted molar refractivity (Wildman–Crippen MR) is 80.9 cm³/mol. The number of phenols is 1. The van der Waals surface area contributed by atoms with E-state index in [4.69, 9.17) is 5.14 Å². The largest absolute Gasteiger partial charge is 0.508 e. The van der Waals surface area contributed by atoms with Crippen LogP contribution in [0.1, 0.15) is 5.56 Å². The molecule has 0 aliphatic heterocycles. The SMILES string of the molecule is NS(=O)(=O)c1ccc(NCc2cc(O)cc(F)c2)c(Br)c1. The van der Waals surface area contributed by atoms with Gasteiger partial charge in [-0.1, -0.05) is 0 Å². The Balaban J connectivity index is 2.17. The Kier molecular flexibility index (Phi) is 4.50. The summed E-state index contributed by atoms with van der Waals surface area (Å²) >= 11 is 3.24. The van der Waals surface area contributed by atoms with Crippen LogP contribution in [0.2, 0.25) is 0 Å². The first kappa shape index (κ1) is 15.7. The molecule has 0 aromatic heterocycles. The first-order valence-electron chi connectivity index (χ1n) is 5.80. The highest BCUT2D eigenvalue weighted by Crippen LogP contribution is 2.26. The number of nitrogens with one attached hydrogen (secondary N) is 1. The summed E-state index contributed by atoms with van der Waals surface area (Å²) < 4.78 is 36.1. The number of rotatable bonds is 4. The molecular formula is C13H12BrFN2O3S. The van der Waals surface area contributed by atoms with Gasteiger partial charge in [0.1, 0.15) is 11.6 Å². The summed E-state index contributed by atoms with van der Waals surface area (Å²) in [6.07, 6.45) is 0. The van der Waals surface area contributed by atoms with E-state index in [1.54, 1.807) is 6.07 Å². The van der Waals surface area contributed by atoms with E-state index in [9.17, 15) is 17.9 Å². The van der Waals surface area contributed by atoms with Crippen molar-refractivity contribution in [3.8, 4) is 5.75 Å². The summed E-state index contributed by atoms with van der Waals surface area (Å²) in [4.78, 5) is -0.0108. The van der Waals surface area contributed by atoms with Crippen molar-refractivity contribution >= 4 is 31.6 Å². The molecule has 0 saturated heterocycles. The van der Waals surface area contributed by atoms with Gasteiger partial charge in [0.25, 0.3) is 0 Å². The molecular weight excluding hydrogens is 363 g/mol. The second-order valence-electron chi connectivity index (χ2n) is 4.36. The molecule has 0 aliphatic carbocycles. The van der Waals surface area contributed by atoms with E-state index in [0.717, 1.165) is 6.07 Å². The molecule has 0 bridgehead atoms. The molecule has 4 N–H and O–H groups in total. The fourth-order valence-electron chi connectivity index (χ4n) is 1.75. The van der Waals surface area contributed by atoms with E-state index < -0.39 is 15.8 Å². The van der Waals surface area contributed by atoms with Crippen LogP contribution in [-0.2, 0) is 16.6 Å². The maximum Gasteiger partial charge on any atom is 0.238 e. The van der Waals surface area contributed by atoms with Crippen LogP contribution in [-0.4, -0.2) is 13.5 Å².